The molecule has 1 aromatic heterocycles. The molecule has 5 heteroatoms. The summed E-state index contributed by atoms with van der Waals surface area (Å²) in [6.45, 7) is 0. The average Bonchev–Trinajstić information content (AvgIpc) is 2.34. The van der Waals surface area contributed by atoms with E-state index in [1.165, 1.54) is 12.4 Å². The van der Waals surface area contributed by atoms with Gasteiger partial charge in [-0.15, -0.1) is 0 Å². The first kappa shape index (κ1) is 11.2. The van der Waals surface area contributed by atoms with Gasteiger partial charge in [-0.05, 0) is 18.2 Å². The molecule has 2 aromatic rings. The van der Waals surface area contributed by atoms with Crippen LogP contribution < -0.4 is 10.5 Å². The van der Waals surface area contributed by atoms with Gasteiger partial charge in [0.25, 0.3) is 0 Å². The molecule has 1 heterocycles. The molecule has 2 N–H and O–H groups in total. The van der Waals surface area contributed by atoms with Gasteiger partial charge in [-0.25, -0.2) is 0 Å². The normalized spacial score (nSPS) is 9.65. The maximum absolute atomic E-state index is 8.91. The molecule has 0 bridgehead atoms. The van der Waals surface area contributed by atoms with E-state index in [9.17, 15) is 0 Å². The van der Waals surface area contributed by atoms with Crippen molar-refractivity contribution in [1.29, 1.82) is 5.26 Å². The molecule has 4 nitrogen and oxygen atoms in total. The molecule has 0 fully saturated rings. The van der Waals surface area contributed by atoms with Gasteiger partial charge in [-0.1, -0.05) is 11.6 Å². The maximum atomic E-state index is 8.91. The number of aromatic nitrogens is 1. The molecule has 17 heavy (non-hydrogen) atoms. The Labute approximate surface area is 103 Å². The van der Waals surface area contributed by atoms with E-state index in [1.807, 2.05) is 6.07 Å². The standard InChI is InChI=1S/C12H8ClN3O/c13-9-1-2-10(15)11(5-9)17-12-7-16-4-3-8(12)6-14/h1-5,7H,15H2. The summed E-state index contributed by atoms with van der Waals surface area (Å²) in [5.41, 5.74) is 6.58. The summed E-state index contributed by atoms with van der Waals surface area (Å²) in [5.74, 6) is 0.756. The van der Waals surface area contributed by atoms with Crippen LogP contribution in [0, 0.1) is 11.3 Å². The molecule has 0 aliphatic heterocycles. The van der Waals surface area contributed by atoms with Gasteiger partial charge < -0.3 is 10.5 Å². The third-order valence-electron chi connectivity index (χ3n) is 2.10. The number of nitriles is 1. The first-order chi connectivity index (χ1) is 8.20. The molecule has 0 atom stereocenters. The Balaban J connectivity index is 2.38. The van der Waals surface area contributed by atoms with Crippen LogP contribution in [-0.2, 0) is 0 Å². The second-order valence-electron chi connectivity index (χ2n) is 3.27. The minimum atomic E-state index is 0.351. The zero-order valence-electron chi connectivity index (χ0n) is 8.72. The molecule has 0 radical (unpaired) electrons. The molecule has 0 unspecified atom stereocenters. The number of benzene rings is 1. The molecule has 0 aliphatic rings. The van der Waals surface area contributed by atoms with Crippen LogP contribution in [0.15, 0.2) is 36.7 Å². The van der Waals surface area contributed by atoms with Gasteiger partial charge in [0, 0.05) is 17.3 Å². The van der Waals surface area contributed by atoms with E-state index in [0.29, 0.717) is 27.8 Å². The second kappa shape index (κ2) is 4.73. The van der Waals surface area contributed by atoms with Crippen LogP contribution in [0.4, 0.5) is 5.69 Å². The van der Waals surface area contributed by atoms with Gasteiger partial charge in [-0.2, -0.15) is 5.26 Å². The number of rotatable bonds is 2. The van der Waals surface area contributed by atoms with E-state index >= 15 is 0 Å². The van der Waals surface area contributed by atoms with Gasteiger partial charge >= 0.3 is 0 Å². The van der Waals surface area contributed by atoms with Gasteiger partial charge in [0.1, 0.15) is 6.07 Å². The molecular formula is C12H8ClN3O. The highest BCUT2D eigenvalue weighted by molar-refractivity contribution is 6.30. The number of nitrogens with zero attached hydrogens (tertiary/aromatic N) is 2. The lowest BCUT2D eigenvalue weighted by Crippen LogP contribution is -1.94. The number of ether oxygens (including phenoxy) is 1. The molecule has 2 rings (SSSR count). The Hall–Kier alpha value is -2.25. The number of nitrogen functional groups attached to an aromatic ring is 1. The van der Waals surface area contributed by atoms with E-state index in [2.05, 4.69) is 4.98 Å². The number of halogens is 1. The Bertz CT molecular complexity index is 593. The Kier molecular flexibility index (Phi) is 3.12. The van der Waals surface area contributed by atoms with E-state index in [4.69, 9.17) is 27.3 Å². The van der Waals surface area contributed by atoms with Gasteiger partial charge in [0.05, 0.1) is 17.4 Å². The van der Waals surface area contributed by atoms with Crippen molar-refractivity contribution in [2.45, 2.75) is 0 Å². The number of nitrogens with two attached hydrogens (primary N) is 1. The molecule has 0 spiro atoms. The van der Waals surface area contributed by atoms with Crippen molar-refractivity contribution in [1.82, 2.24) is 4.98 Å². The van der Waals surface area contributed by atoms with Crippen LogP contribution in [-0.4, -0.2) is 4.98 Å². The predicted molar refractivity (Wildman–Crippen MR) is 64.9 cm³/mol. The zero-order chi connectivity index (χ0) is 12.3. The van der Waals surface area contributed by atoms with E-state index < -0.39 is 0 Å². The molecule has 0 saturated carbocycles. The topological polar surface area (TPSA) is 71.9 Å². The minimum absolute atomic E-state index is 0.351. The SMILES string of the molecule is N#Cc1ccncc1Oc1cc(Cl)ccc1N. The fourth-order valence-corrected chi connectivity index (χ4v) is 1.43. The quantitative estimate of drug-likeness (QED) is 0.826. The van der Waals surface area contributed by atoms with Crippen LogP contribution >= 0.6 is 11.6 Å². The summed E-state index contributed by atoms with van der Waals surface area (Å²) in [7, 11) is 0. The highest BCUT2D eigenvalue weighted by Crippen LogP contribution is 2.31. The van der Waals surface area contributed by atoms with Crippen LogP contribution in [0.2, 0.25) is 5.02 Å². The highest BCUT2D eigenvalue weighted by Gasteiger charge is 2.07. The largest absolute Gasteiger partial charge is 0.452 e. The number of anilines is 1. The lowest BCUT2D eigenvalue weighted by Gasteiger charge is -2.09. The van der Waals surface area contributed by atoms with E-state index in [1.54, 1.807) is 24.3 Å². The third kappa shape index (κ3) is 2.47. The van der Waals surface area contributed by atoms with Crippen LogP contribution in [0.5, 0.6) is 11.5 Å². The summed E-state index contributed by atoms with van der Waals surface area (Å²) >= 11 is 5.84. The van der Waals surface area contributed by atoms with Crippen LogP contribution in [0.3, 0.4) is 0 Å². The molecule has 0 amide bonds. The lowest BCUT2D eigenvalue weighted by atomic mass is 10.2. The Morgan fingerprint density at radius 3 is 2.88 bits per heavy atom. The third-order valence-corrected chi connectivity index (χ3v) is 2.34. The van der Waals surface area contributed by atoms with Gasteiger partial charge in [0.2, 0.25) is 0 Å². The van der Waals surface area contributed by atoms with Crippen LogP contribution in [0.25, 0.3) is 0 Å². The first-order valence-electron chi connectivity index (χ1n) is 4.77. The smallest absolute Gasteiger partial charge is 0.163 e. The fourth-order valence-electron chi connectivity index (χ4n) is 1.27. The van der Waals surface area contributed by atoms with Crippen molar-refractivity contribution >= 4 is 17.3 Å². The minimum Gasteiger partial charge on any atom is -0.452 e. The maximum Gasteiger partial charge on any atom is 0.163 e. The Morgan fingerprint density at radius 1 is 1.29 bits per heavy atom. The monoisotopic (exact) mass is 245 g/mol. The number of pyridine rings is 1. The van der Waals surface area contributed by atoms with E-state index in [0.717, 1.165) is 0 Å². The molecule has 1 aromatic carbocycles. The zero-order valence-corrected chi connectivity index (χ0v) is 9.48. The summed E-state index contributed by atoms with van der Waals surface area (Å²) < 4.78 is 5.52. The van der Waals surface area contributed by atoms with Crippen molar-refractivity contribution < 1.29 is 4.74 Å². The van der Waals surface area contributed by atoms with Crippen molar-refractivity contribution in [3.63, 3.8) is 0 Å². The number of hydrogen-bond acceptors (Lipinski definition) is 4. The summed E-state index contributed by atoms with van der Waals surface area (Å²) in [4.78, 5) is 3.89. The predicted octanol–water partition coefficient (Wildman–Crippen LogP) is 2.98. The van der Waals surface area contributed by atoms with Crippen LogP contribution in [0.1, 0.15) is 5.56 Å². The van der Waals surface area contributed by atoms with E-state index in [-0.39, 0.29) is 0 Å². The lowest BCUT2D eigenvalue weighted by molar-refractivity contribution is 0.481. The summed E-state index contributed by atoms with van der Waals surface area (Å²) in [6.07, 6.45) is 2.98. The van der Waals surface area contributed by atoms with Crippen molar-refractivity contribution in [2.75, 3.05) is 5.73 Å². The summed E-state index contributed by atoms with van der Waals surface area (Å²) in [5, 5.41) is 9.42. The van der Waals surface area contributed by atoms with Gasteiger partial charge in [-0.3, -0.25) is 4.98 Å². The molecule has 84 valence electrons. The molecule has 0 aliphatic carbocycles. The molecular weight excluding hydrogens is 238 g/mol. The number of hydrogen-bond donors (Lipinski definition) is 1. The fraction of sp³-hybridized carbons (Fsp3) is 0. The van der Waals surface area contributed by atoms with Crippen molar-refractivity contribution in [3.05, 3.63) is 47.2 Å². The molecule has 0 saturated heterocycles. The Morgan fingerprint density at radius 2 is 2.12 bits per heavy atom. The van der Waals surface area contributed by atoms with Gasteiger partial charge in [0.15, 0.2) is 11.5 Å². The highest BCUT2D eigenvalue weighted by atomic mass is 35.5. The first-order valence-corrected chi connectivity index (χ1v) is 5.15. The summed E-state index contributed by atoms with van der Waals surface area (Å²) in [6, 6.07) is 8.47. The van der Waals surface area contributed by atoms with Crippen molar-refractivity contribution in [2.24, 2.45) is 0 Å². The van der Waals surface area contributed by atoms with Crippen molar-refractivity contribution in [3.8, 4) is 17.6 Å². The average molecular weight is 246 g/mol. The second-order valence-corrected chi connectivity index (χ2v) is 3.70.